The minimum Gasteiger partial charge on any atom is -0.482 e. The number of benzene rings is 1. The molecule has 0 aliphatic carbocycles. The normalized spacial score (nSPS) is 16.4. The summed E-state index contributed by atoms with van der Waals surface area (Å²) < 4.78 is 15.1. The number of cyclic esters (lactones) is 2. The van der Waals surface area contributed by atoms with Gasteiger partial charge in [0.2, 0.25) is 0 Å². The number of hydrogen-bond acceptors (Lipinski definition) is 6. The van der Waals surface area contributed by atoms with Crippen molar-refractivity contribution in [2.45, 2.75) is 19.6 Å². The van der Waals surface area contributed by atoms with Crippen LogP contribution in [0, 0.1) is 0 Å². The average molecular weight is 340 g/mol. The summed E-state index contributed by atoms with van der Waals surface area (Å²) in [6.07, 6.45) is 1.30. The number of amides is 1. The third-order valence-electron chi connectivity index (χ3n) is 2.75. The van der Waals surface area contributed by atoms with Gasteiger partial charge in [-0.2, -0.15) is 0 Å². The first kappa shape index (κ1) is 16.8. The van der Waals surface area contributed by atoms with Crippen LogP contribution >= 0.6 is 11.6 Å². The second kappa shape index (κ2) is 6.29. The molecule has 7 nitrogen and oxygen atoms in total. The molecule has 0 radical (unpaired) electrons. The van der Waals surface area contributed by atoms with Crippen molar-refractivity contribution in [3.63, 3.8) is 0 Å². The summed E-state index contributed by atoms with van der Waals surface area (Å²) in [5.74, 6) is -3.24. The molecule has 2 rings (SSSR count). The van der Waals surface area contributed by atoms with E-state index in [4.69, 9.17) is 31.5 Å². The van der Waals surface area contributed by atoms with Gasteiger partial charge in [0.05, 0.1) is 5.02 Å². The molecule has 0 aromatic heterocycles. The van der Waals surface area contributed by atoms with E-state index >= 15 is 0 Å². The summed E-state index contributed by atoms with van der Waals surface area (Å²) in [4.78, 5) is 34.4. The molecule has 0 atom stereocenters. The Kier molecular flexibility index (Phi) is 4.60. The number of halogens is 1. The first-order chi connectivity index (χ1) is 10.7. The van der Waals surface area contributed by atoms with Gasteiger partial charge in [0.15, 0.2) is 6.61 Å². The third kappa shape index (κ3) is 4.23. The SMILES string of the molecule is CC1(C)OC(=O)C(=Cc2ccc(OCC(N)=O)c(Cl)c2)C(=O)O1. The Labute approximate surface area is 136 Å². The standard InChI is InChI=1S/C15H14ClNO6/c1-15(2)22-13(19)9(14(20)23-15)5-8-3-4-11(10(16)6-8)21-7-12(17)18/h3-6H,7H2,1-2H3,(H2,17,18). The number of rotatable bonds is 4. The van der Waals surface area contributed by atoms with Crippen molar-refractivity contribution in [3.8, 4) is 5.75 Å². The van der Waals surface area contributed by atoms with Crippen molar-refractivity contribution < 1.29 is 28.6 Å². The Balaban J connectivity index is 2.22. The number of esters is 2. The van der Waals surface area contributed by atoms with Crippen LogP contribution < -0.4 is 10.5 Å². The van der Waals surface area contributed by atoms with E-state index in [1.165, 1.54) is 32.1 Å². The van der Waals surface area contributed by atoms with Crippen LogP contribution in [0.25, 0.3) is 6.08 Å². The zero-order valence-corrected chi connectivity index (χ0v) is 13.2. The van der Waals surface area contributed by atoms with Crippen molar-refractivity contribution in [3.05, 3.63) is 34.4 Å². The summed E-state index contributed by atoms with van der Waals surface area (Å²) in [5, 5.41) is 0.193. The third-order valence-corrected chi connectivity index (χ3v) is 3.05. The Morgan fingerprint density at radius 2 is 1.91 bits per heavy atom. The number of primary amides is 1. The number of ether oxygens (including phenoxy) is 3. The van der Waals surface area contributed by atoms with E-state index in [1.54, 1.807) is 6.07 Å². The van der Waals surface area contributed by atoms with Gasteiger partial charge in [-0.05, 0) is 23.8 Å². The van der Waals surface area contributed by atoms with Gasteiger partial charge < -0.3 is 19.9 Å². The van der Waals surface area contributed by atoms with E-state index in [0.717, 1.165) is 0 Å². The molecule has 23 heavy (non-hydrogen) atoms. The second-order valence-electron chi connectivity index (χ2n) is 5.18. The molecule has 1 saturated heterocycles. The van der Waals surface area contributed by atoms with E-state index in [2.05, 4.69) is 0 Å². The number of hydrogen-bond donors (Lipinski definition) is 1. The molecule has 8 heteroatoms. The monoisotopic (exact) mass is 339 g/mol. The van der Waals surface area contributed by atoms with Crippen molar-refractivity contribution in [2.75, 3.05) is 6.61 Å². The first-order valence-corrected chi connectivity index (χ1v) is 6.95. The summed E-state index contributed by atoms with van der Waals surface area (Å²) in [7, 11) is 0. The molecule has 0 saturated carbocycles. The average Bonchev–Trinajstić information content (AvgIpc) is 2.40. The number of nitrogens with two attached hydrogens (primary N) is 1. The summed E-state index contributed by atoms with van der Waals surface area (Å²) in [5.41, 5.74) is 5.20. The first-order valence-electron chi connectivity index (χ1n) is 6.57. The fourth-order valence-electron chi connectivity index (χ4n) is 1.82. The Morgan fingerprint density at radius 3 is 2.43 bits per heavy atom. The molecule has 1 aliphatic rings. The Morgan fingerprint density at radius 1 is 1.30 bits per heavy atom. The fourth-order valence-corrected chi connectivity index (χ4v) is 2.06. The predicted octanol–water partition coefficient (Wildman–Crippen LogP) is 1.42. The van der Waals surface area contributed by atoms with E-state index < -0.39 is 23.6 Å². The molecule has 1 aliphatic heterocycles. The molecule has 1 amide bonds. The van der Waals surface area contributed by atoms with Gasteiger partial charge in [0.1, 0.15) is 11.3 Å². The maximum Gasteiger partial charge on any atom is 0.348 e. The molecule has 0 spiro atoms. The van der Waals surface area contributed by atoms with Crippen LogP contribution in [-0.2, 0) is 23.9 Å². The van der Waals surface area contributed by atoms with Crippen molar-refractivity contribution in [2.24, 2.45) is 5.73 Å². The minimum atomic E-state index is -1.30. The van der Waals surface area contributed by atoms with E-state index in [-0.39, 0.29) is 23.0 Å². The Bertz CT molecular complexity index is 688. The van der Waals surface area contributed by atoms with Gasteiger partial charge in [0.25, 0.3) is 11.7 Å². The van der Waals surface area contributed by atoms with Crippen LogP contribution in [-0.4, -0.2) is 30.2 Å². The van der Waals surface area contributed by atoms with E-state index in [0.29, 0.717) is 5.56 Å². The van der Waals surface area contributed by atoms with Crippen LogP contribution in [0.2, 0.25) is 5.02 Å². The van der Waals surface area contributed by atoms with Gasteiger partial charge in [-0.25, -0.2) is 9.59 Å². The van der Waals surface area contributed by atoms with E-state index in [1.807, 2.05) is 0 Å². The lowest BCUT2D eigenvalue weighted by Gasteiger charge is -2.29. The summed E-state index contributed by atoms with van der Waals surface area (Å²) in [6, 6.07) is 4.50. The maximum atomic E-state index is 11.9. The number of carbonyl (C=O) groups excluding carboxylic acids is 3. The number of carbonyl (C=O) groups is 3. The topological polar surface area (TPSA) is 105 Å². The molecule has 1 fully saturated rings. The van der Waals surface area contributed by atoms with Gasteiger partial charge in [-0.15, -0.1) is 0 Å². The lowest BCUT2D eigenvalue weighted by molar-refractivity contribution is -0.222. The highest BCUT2D eigenvalue weighted by Gasteiger charge is 2.38. The largest absolute Gasteiger partial charge is 0.482 e. The lowest BCUT2D eigenvalue weighted by atomic mass is 10.1. The van der Waals surface area contributed by atoms with Gasteiger partial charge in [-0.3, -0.25) is 4.79 Å². The molecular weight excluding hydrogens is 326 g/mol. The molecule has 2 N–H and O–H groups in total. The van der Waals surface area contributed by atoms with Gasteiger partial charge in [0, 0.05) is 13.8 Å². The molecule has 0 bridgehead atoms. The molecule has 1 aromatic rings. The van der Waals surface area contributed by atoms with Crippen LogP contribution in [0.15, 0.2) is 23.8 Å². The smallest absolute Gasteiger partial charge is 0.348 e. The zero-order chi connectivity index (χ0) is 17.2. The van der Waals surface area contributed by atoms with Crippen LogP contribution in [0.3, 0.4) is 0 Å². The maximum absolute atomic E-state index is 11.9. The van der Waals surface area contributed by atoms with Crippen molar-refractivity contribution in [1.29, 1.82) is 0 Å². The Hall–Kier alpha value is -2.54. The highest BCUT2D eigenvalue weighted by atomic mass is 35.5. The van der Waals surface area contributed by atoms with E-state index in [9.17, 15) is 14.4 Å². The molecule has 1 aromatic carbocycles. The van der Waals surface area contributed by atoms with Crippen molar-refractivity contribution >= 4 is 35.5 Å². The van der Waals surface area contributed by atoms with Crippen LogP contribution in [0.1, 0.15) is 19.4 Å². The lowest BCUT2D eigenvalue weighted by Crippen LogP contribution is -2.41. The van der Waals surface area contributed by atoms with Crippen LogP contribution in [0.5, 0.6) is 5.75 Å². The van der Waals surface area contributed by atoms with Crippen molar-refractivity contribution in [1.82, 2.24) is 0 Å². The highest BCUT2D eigenvalue weighted by Crippen LogP contribution is 2.28. The minimum absolute atomic E-state index is 0.193. The quantitative estimate of drug-likeness (QED) is 0.505. The molecule has 122 valence electrons. The van der Waals surface area contributed by atoms with Crippen LogP contribution in [0.4, 0.5) is 0 Å². The zero-order valence-electron chi connectivity index (χ0n) is 12.4. The molecule has 1 heterocycles. The fraction of sp³-hybridized carbons (Fsp3) is 0.267. The predicted molar refractivity (Wildman–Crippen MR) is 80.4 cm³/mol. The summed E-state index contributed by atoms with van der Waals surface area (Å²) >= 11 is 6.01. The molecular formula is C15H14ClNO6. The highest BCUT2D eigenvalue weighted by molar-refractivity contribution is 6.32. The second-order valence-corrected chi connectivity index (χ2v) is 5.59. The summed E-state index contributed by atoms with van der Waals surface area (Å²) in [6.45, 7) is 2.61. The molecule has 0 unspecified atom stereocenters. The van der Waals surface area contributed by atoms with Gasteiger partial charge in [-0.1, -0.05) is 17.7 Å². The van der Waals surface area contributed by atoms with Gasteiger partial charge >= 0.3 is 11.9 Å².